The number of Topliss-reactive ketones (excluding diaryl/α,β-unsaturated/α-hetero) is 1. The van der Waals surface area contributed by atoms with E-state index in [0.29, 0.717) is 12.8 Å². The molecule has 0 bridgehead atoms. The summed E-state index contributed by atoms with van der Waals surface area (Å²) in [5.74, 6) is 0.195. The van der Waals surface area contributed by atoms with E-state index in [9.17, 15) is 4.79 Å². The molecule has 2 aromatic carbocycles. The third-order valence-corrected chi connectivity index (χ3v) is 3.03. The number of fused-ring (bicyclic) bond motifs is 1. The lowest BCUT2D eigenvalue weighted by Gasteiger charge is -2.13. The second kappa shape index (κ2) is 5.11. The zero-order valence-electron chi connectivity index (χ0n) is 10.0. The topological polar surface area (TPSA) is 43.1 Å². The molecule has 0 saturated carbocycles. The molecule has 2 aromatic rings. The van der Waals surface area contributed by atoms with Crippen LogP contribution in [0.3, 0.4) is 0 Å². The first kappa shape index (κ1) is 11.8. The van der Waals surface area contributed by atoms with Gasteiger partial charge in [0.05, 0.1) is 0 Å². The Bertz CT molecular complexity index is 528. The number of carbonyl (C=O) groups is 1. The van der Waals surface area contributed by atoms with Crippen LogP contribution in [0.25, 0.3) is 10.8 Å². The number of hydrogen-bond donors (Lipinski definition) is 1. The summed E-state index contributed by atoms with van der Waals surface area (Å²) in [5.41, 5.74) is 7.29. The molecular formula is C15H17NO. The van der Waals surface area contributed by atoms with Gasteiger partial charge in [0.25, 0.3) is 0 Å². The molecule has 1 atom stereocenters. The van der Waals surface area contributed by atoms with Crippen LogP contribution in [-0.4, -0.2) is 5.78 Å². The third kappa shape index (κ3) is 2.71. The van der Waals surface area contributed by atoms with E-state index in [1.54, 1.807) is 6.92 Å². The molecule has 0 aliphatic rings. The minimum atomic E-state index is -0.0648. The van der Waals surface area contributed by atoms with Crippen LogP contribution in [0.1, 0.15) is 31.4 Å². The first-order valence-corrected chi connectivity index (χ1v) is 5.91. The highest BCUT2D eigenvalue weighted by molar-refractivity contribution is 5.86. The molecule has 2 heteroatoms. The molecule has 0 amide bonds. The Morgan fingerprint density at radius 2 is 1.88 bits per heavy atom. The highest BCUT2D eigenvalue weighted by atomic mass is 16.1. The molecule has 17 heavy (non-hydrogen) atoms. The molecule has 0 heterocycles. The van der Waals surface area contributed by atoms with E-state index in [1.807, 2.05) is 24.3 Å². The zero-order chi connectivity index (χ0) is 12.3. The Balaban J connectivity index is 2.31. The van der Waals surface area contributed by atoms with E-state index in [2.05, 4.69) is 18.2 Å². The molecule has 2 nitrogen and oxygen atoms in total. The summed E-state index contributed by atoms with van der Waals surface area (Å²) in [7, 11) is 0. The number of rotatable bonds is 4. The van der Waals surface area contributed by atoms with Crippen molar-refractivity contribution in [1.29, 1.82) is 0 Å². The monoisotopic (exact) mass is 227 g/mol. The van der Waals surface area contributed by atoms with Crippen LogP contribution in [0.2, 0.25) is 0 Å². The molecule has 0 fully saturated rings. The summed E-state index contributed by atoms with van der Waals surface area (Å²) in [6.45, 7) is 1.61. The van der Waals surface area contributed by atoms with Crippen LogP contribution in [-0.2, 0) is 4.79 Å². The van der Waals surface area contributed by atoms with Gasteiger partial charge in [-0.25, -0.2) is 0 Å². The quantitative estimate of drug-likeness (QED) is 0.871. The van der Waals surface area contributed by atoms with Gasteiger partial charge in [-0.2, -0.15) is 0 Å². The number of hydrogen-bond acceptors (Lipinski definition) is 2. The molecule has 0 aromatic heterocycles. The van der Waals surface area contributed by atoms with Crippen molar-refractivity contribution in [3.05, 3.63) is 48.0 Å². The van der Waals surface area contributed by atoms with Crippen molar-refractivity contribution in [1.82, 2.24) is 0 Å². The Labute approximate surface area is 101 Å². The summed E-state index contributed by atoms with van der Waals surface area (Å²) in [6.07, 6.45) is 1.26. The van der Waals surface area contributed by atoms with Gasteiger partial charge in [0.1, 0.15) is 5.78 Å². The van der Waals surface area contributed by atoms with Crippen molar-refractivity contribution in [3.63, 3.8) is 0 Å². The van der Waals surface area contributed by atoms with Crippen molar-refractivity contribution < 1.29 is 4.79 Å². The SMILES string of the molecule is CC(=O)CCC(N)c1cccc2ccccc12. The van der Waals surface area contributed by atoms with Crippen molar-refractivity contribution in [2.75, 3.05) is 0 Å². The van der Waals surface area contributed by atoms with E-state index in [0.717, 1.165) is 5.56 Å². The van der Waals surface area contributed by atoms with Gasteiger partial charge in [-0.05, 0) is 29.7 Å². The average Bonchev–Trinajstić information content (AvgIpc) is 2.35. The highest BCUT2D eigenvalue weighted by Crippen LogP contribution is 2.25. The van der Waals surface area contributed by atoms with Crippen molar-refractivity contribution >= 4 is 16.6 Å². The van der Waals surface area contributed by atoms with Crippen molar-refractivity contribution in [2.45, 2.75) is 25.8 Å². The predicted molar refractivity (Wildman–Crippen MR) is 70.8 cm³/mol. The minimum Gasteiger partial charge on any atom is -0.324 e. The molecule has 0 spiro atoms. The number of carbonyl (C=O) groups excluding carboxylic acids is 1. The maximum atomic E-state index is 11.0. The first-order valence-electron chi connectivity index (χ1n) is 5.91. The summed E-state index contributed by atoms with van der Waals surface area (Å²) in [6, 6.07) is 14.3. The maximum Gasteiger partial charge on any atom is 0.129 e. The molecule has 1 unspecified atom stereocenters. The standard InChI is InChI=1S/C15H17NO/c1-11(17)9-10-15(16)14-8-4-6-12-5-2-3-7-13(12)14/h2-8,15H,9-10,16H2,1H3. The zero-order valence-corrected chi connectivity index (χ0v) is 10.0. The van der Waals surface area contributed by atoms with Gasteiger partial charge >= 0.3 is 0 Å². The Hall–Kier alpha value is -1.67. The molecule has 0 aliphatic heterocycles. The predicted octanol–water partition coefficient (Wildman–Crippen LogP) is 3.21. The van der Waals surface area contributed by atoms with E-state index in [1.165, 1.54) is 10.8 Å². The lowest BCUT2D eigenvalue weighted by molar-refractivity contribution is -0.117. The van der Waals surface area contributed by atoms with Crippen molar-refractivity contribution in [3.8, 4) is 0 Å². The van der Waals surface area contributed by atoms with Crippen LogP contribution in [0.15, 0.2) is 42.5 Å². The lowest BCUT2D eigenvalue weighted by Crippen LogP contribution is -2.12. The molecular weight excluding hydrogens is 210 g/mol. The largest absolute Gasteiger partial charge is 0.324 e. The van der Waals surface area contributed by atoms with Gasteiger partial charge in [0.15, 0.2) is 0 Å². The van der Waals surface area contributed by atoms with Gasteiger partial charge in [-0.3, -0.25) is 0 Å². The lowest BCUT2D eigenvalue weighted by atomic mass is 9.96. The maximum absolute atomic E-state index is 11.0. The first-order chi connectivity index (χ1) is 8.18. The van der Waals surface area contributed by atoms with Crippen molar-refractivity contribution in [2.24, 2.45) is 5.73 Å². The Kier molecular flexibility index (Phi) is 3.55. The molecule has 2 rings (SSSR count). The second-order valence-corrected chi connectivity index (χ2v) is 4.42. The van der Waals surface area contributed by atoms with Crippen LogP contribution >= 0.6 is 0 Å². The molecule has 88 valence electrons. The number of ketones is 1. The Morgan fingerprint density at radius 3 is 2.65 bits per heavy atom. The smallest absolute Gasteiger partial charge is 0.129 e. The van der Waals surface area contributed by atoms with E-state index in [4.69, 9.17) is 5.73 Å². The van der Waals surface area contributed by atoms with Crippen LogP contribution in [0.4, 0.5) is 0 Å². The van der Waals surface area contributed by atoms with Crippen LogP contribution < -0.4 is 5.73 Å². The fourth-order valence-electron chi connectivity index (χ4n) is 2.09. The van der Waals surface area contributed by atoms with Crippen LogP contribution in [0, 0.1) is 0 Å². The summed E-state index contributed by atoms with van der Waals surface area (Å²) in [4.78, 5) is 11.0. The third-order valence-electron chi connectivity index (χ3n) is 3.03. The average molecular weight is 227 g/mol. The van der Waals surface area contributed by atoms with Gasteiger partial charge in [0.2, 0.25) is 0 Å². The molecule has 0 aliphatic carbocycles. The molecule has 2 N–H and O–H groups in total. The second-order valence-electron chi connectivity index (χ2n) is 4.42. The molecule has 0 saturated heterocycles. The molecule has 0 radical (unpaired) electrons. The number of nitrogens with two attached hydrogens (primary N) is 1. The van der Waals surface area contributed by atoms with E-state index >= 15 is 0 Å². The van der Waals surface area contributed by atoms with E-state index < -0.39 is 0 Å². The van der Waals surface area contributed by atoms with Gasteiger partial charge in [0, 0.05) is 12.5 Å². The van der Waals surface area contributed by atoms with Crippen LogP contribution in [0.5, 0.6) is 0 Å². The summed E-state index contributed by atoms with van der Waals surface area (Å²) < 4.78 is 0. The van der Waals surface area contributed by atoms with Gasteiger partial charge in [-0.15, -0.1) is 0 Å². The van der Waals surface area contributed by atoms with Gasteiger partial charge < -0.3 is 10.5 Å². The number of benzene rings is 2. The summed E-state index contributed by atoms with van der Waals surface area (Å²) >= 11 is 0. The van der Waals surface area contributed by atoms with E-state index in [-0.39, 0.29) is 11.8 Å². The highest BCUT2D eigenvalue weighted by Gasteiger charge is 2.10. The van der Waals surface area contributed by atoms with Gasteiger partial charge in [-0.1, -0.05) is 42.5 Å². The fourth-order valence-corrected chi connectivity index (χ4v) is 2.09. The Morgan fingerprint density at radius 1 is 1.18 bits per heavy atom. The fraction of sp³-hybridized carbons (Fsp3) is 0.267. The normalized spacial score (nSPS) is 12.6. The summed E-state index contributed by atoms with van der Waals surface area (Å²) in [5, 5.41) is 2.38. The minimum absolute atomic E-state index is 0.0648.